The fraction of sp³-hybridized carbons (Fsp3) is 0.476. The molecule has 7 heteroatoms. The summed E-state index contributed by atoms with van der Waals surface area (Å²) in [6.07, 6.45) is -1.16. The molecule has 0 radical (unpaired) electrons. The highest BCUT2D eigenvalue weighted by Crippen LogP contribution is 2.30. The fourth-order valence-electron chi connectivity index (χ4n) is 4.16. The third-order valence-electron chi connectivity index (χ3n) is 5.81. The second-order valence-electron chi connectivity index (χ2n) is 7.57. The van der Waals surface area contributed by atoms with Gasteiger partial charge >= 0.3 is 6.18 Å². The van der Waals surface area contributed by atoms with Crippen LogP contribution in [0.1, 0.15) is 34.4 Å². The van der Waals surface area contributed by atoms with E-state index in [2.05, 4.69) is 16.3 Å². The number of benzene rings is 1. The average molecular weight is 408 g/mol. The number of rotatable bonds is 3. The highest BCUT2D eigenvalue weighted by atomic mass is 32.1. The lowest BCUT2D eigenvalue weighted by Gasteiger charge is -2.40. The van der Waals surface area contributed by atoms with E-state index in [1.807, 2.05) is 16.2 Å². The number of likely N-dealkylation sites (tertiary alicyclic amines) is 1. The lowest BCUT2D eigenvalue weighted by Crippen LogP contribution is -2.48. The quantitative estimate of drug-likeness (QED) is 0.754. The molecule has 0 unspecified atom stereocenters. The van der Waals surface area contributed by atoms with Crippen LogP contribution in [0.15, 0.2) is 35.7 Å². The van der Waals surface area contributed by atoms with Gasteiger partial charge in [0.15, 0.2) is 0 Å². The molecule has 150 valence electrons. The van der Waals surface area contributed by atoms with Gasteiger partial charge in [0.1, 0.15) is 0 Å². The SMILES string of the molecule is O=C(Cc1ccc(C(F)(F)F)cc1)N1CCC(N2CCc3sccc3C2)CC1. The third kappa shape index (κ3) is 4.25. The molecule has 1 amide bonds. The Hall–Kier alpha value is -1.86. The number of carbonyl (C=O) groups excluding carboxylic acids is 1. The van der Waals surface area contributed by atoms with Gasteiger partial charge in [0.05, 0.1) is 12.0 Å². The van der Waals surface area contributed by atoms with Crippen LogP contribution in [-0.2, 0) is 30.4 Å². The minimum Gasteiger partial charge on any atom is -0.342 e. The number of thiophene rings is 1. The van der Waals surface area contributed by atoms with Crippen LogP contribution < -0.4 is 0 Å². The molecule has 28 heavy (non-hydrogen) atoms. The molecule has 1 fully saturated rings. The zero-order valence-corrected chi connectivity index (χ0v) is 16.4. The van der Waals surface area contributed by atoms with Crippen LogP contribution in [0.4, 0.5) is 13.2 Å². The first-order valence-electron chi connectivity index (χ1n) is 9.63. The lowest BCUT2D eigenvalue weighted by atomic mass is 9.99. The van der Waals surface area contributed by atoms with Gasteiger partial charge < -0.3 is 4.90 Å². The molecule has 2 aliphatic heterocycles. The number of amides is 1. The maximum Gasteiger partial charge on any atom is 0.416 e. The number of nitrogens with zero attached hydrogens (tertiary/aromatic N) is 2. The lowest BCUT2D eigenvalue weighted by molar-refractivity contribution is -0.137. The maximum absolute atomic E-state index is 12.6. The summed E-state index contributed by atoms with van der Waals surface area (Å²) in [6, 6.07) is 7.62. The van der Waals surface area contributed by atoms with Gasteiger partial charge in [-0.3, -0.25) is 9.69 Å². The molecule has 1 saturated heterocycles. The topological polar surface area (TPSA) is 23.6 Å². The van der Waals surface area contributed by atoms with Crippen molar-refractivity contribution in [3.63, 3.8) is 0 Å². The molecule has 0 saturated carbocycles. The number of fused-ring (bicyclic) bond motifs is 1. The summed E-state index contributed by atoms with van der Waals surface area (Å²) in [5, 5.41) is 2.16. The average Bonchev–Trinajstić information content (AvgIpc) is 3.15. The Morgan fingerprint density at radius 3 is 2.46 bits per heavy atom. The molecular formula is C21H23F3N2OS. The predicted octanol–water partition coefficient (Wildman–Crippen LogP) is 4.36. The summed E-state index contributed by atoms with van der Waals surface area (Å²) >= 11 is 1.84. The Balaban J connectivity index is 1.28. The van der Waals surface area contributed by atoms with Crippen LogP contribution in [0.2, 0.25) is 0 Å². The molecule has 0 atom stereocenters. The number of halogens is 3. The summed E-state index contributed by atoms with van der Waals surface area (Å²) in [5.74, 6) is -0.00280. The molecule has 2 aliphatic rings. The molecule has 0 N–H and O–H groups in total. The summed E-state index contributed by atoms with van der Waals surface area (Å²) in [6.45, 7) is 3.52. The van der Waals surface area contributed by atoms with E-state index in [1.165, 1.54) is 22.6 Å². The minimum atomic E-state index is -4.34. The molecule has 3 heterocycles. The molecule has 0 aliphatic carbocycles. The summed E-state index contributed by atoms with van der Waals surface area (Å²) in [5.41, 5.74) is 1.39. The van der Waals surface area contributed by atoms with Gasteiger partial charge in [-0.2, -0.15) is 13.2 Å². The van der Waals surface area contributed by atoms with Crippen molar-refractivity contribution in [2.24, 2.45) is 0 Å². The first kappa shape index (κ1) is 19.5. The zero-order valence-electron chi connectivity index (χ0n) is 15.5. The van der Waals surface area contributed by atoms with Crippen molar-refractivity contribution in [3.05, 3.63) is 57.3 Å². The highest BCUT2D eigenvalue weighted by Gasteiger charge is 2.31. The molecule has 1 aromatic heterocycles. The van der Waals surface area contributed by atoms with Gasteiger partial charge in [-0.05, 0) is 54.0 Å². The van der Waals surface area contributed by atoms with Gasteiger partial charge in [-0.25, -0.2) is 0 Å². The predicted molar refractivity (Wildman–Crippen MR) is 103 cm³/mol. The van der Waals surface area contributed by atoms with E-state index in [-0.39, 0.29) is 12.3 Å². The Morgan fingerprint density at radius 1 is 1.07 bits per heavy atom. The Kier molecular flexibility index (Phi) is 5.47. The number of alkyl halides is 3. The van der Waals surface area contributed by atoms with Crippen molar-refractivity contribution in [1.82, 2.24) is 9.80 Å². The fourth-order valence-corrected chi connectivity index (χ4v) is 5.05. The van der Waals surface area contributed by atoms with Gasteiger partial charge in [-0.1, -0.05) is 12.1 Å². The Morgan fingerprint density at radius 2 is 1.79 bits per heavy atom. The van der Waals surface area contributed by atoms with Crippen LogP contribution in [-0.4, -0.2) is 41.4 Å². The van der Waals surface area contributed by atoms with E-state index >= 15 is 0 Å². The maximum atomic E-state index is 12.6. The van der Waals surface area contributed by atoms with E-state index < -0.39 is 11.7 Å². The molecule has 0 bridgehead atoms. The van der Waals surface area contributed by atoms with Gasteiger partial charge in [0.25, 0.3) is 0 Å². The van der Waals surface area contributed by atoms with Crippen molar-refractivity contribution in [1.29, 1.82) is 0 Å². The van der Waals surface area contributed by atoms with Gasteiger partial charge in [0.2, 0.25) is 5.91 Å². The normalized spacial score (nSPS) is 18.9. The van der Waals surface area contributed by atoms with Crippen LogP contribution >= 0.6 is 11.3 Å². The zero-order chi connectivity index (χ0) is 19.7. The van der Waals surface area contributed by atoms with E-state index in [9.17, 15) is 18.0 Å². The molecule has 0 spiro atoms. The van der Waals surface area contributed by atoms with Crippen molar-refractivity contribution in [2.45, 2.75) is 44.4 Å². The monoisotopic (exact) mass is 408 g/mol. The molecule has 2 aromatic rings. The van der Waals surface area contributed by atoms with Gasteiger partial charge in [0, 0.05) is 37.1 Å². The van der Waals surface area contributed by atoms with Gasteiger partial charge in [-0.15, -0.1) is 11.3 Å². The second kappa shape index (κ2) is 7.87. The van der Waals surface area contributed by atoms with Crippen LogP contribution in [0.25, 0.3) is 0 Å². The minimum absolute atomic E-state index is 0.00280. The third-order valence-corrected chi connectivity index (χ3v) is 6.83. The first-order chi connectivity index (χ1) is 13.4. The van der Waals surface area contributed by atoms with Crippen LogP contribution in [0, 0.1) is 0 Å². The standard InChI is InChI=1S/C21H23F3N2OS/c22-21(23,24)17-3-1-15(2-4-17)13-20(27)25-9-5-18(6-10-25)26-11-7-19-16(14-26)8-12-28-19/h1-4,8,12,18H,5-7,9-11,13-14H2. The smallest absolute Gasteiger partial charge is 0.342 e. The van der Waals surface area contributed by atoms with Crippen LogP contribution in [0.3, 0.4) is 0 Å². The number of piperidine rings is 1. The second-order valence-corrected chi connectivity index (χ2v) is 8.57. The molecular weight excluding hydrogens is 385 g/mol. The van der Waals surface area contributed by atoms with Crippen molar-refractivity contribution < 1.29 is 18.0 Å². The Labute approximate surface area is 166 Å². The summed E-state index contributed by atoms with van der Waals surface area (Å²) in [7, 11) is 0. The molecule has 4 rings (SSSR count). The van der Waals surface area contributed by atoms with E-state index in [1.54, 1.807) is 0 Å². The summed E-state index contributed by atoms with van der Waals surface area (Å²) < 4.78 is 37.9. The Bertz CT molecular complexity index is 823. The number of carbonyl (C=O) groups is 1. The van der Waals surface area contributed by atoms with E-state index in [0.717, 1.165) is 57.6 Å². The molecule has 1 aromatic carbocycles. The van der Waals surface area contributed by atoms with E-state index in [4.69, 9.17) is 0 Å². The highest BCUT2D eigenvalue weighted by molar-refractivity contribution is 7.10. The summed E-state index contributed by atoms with van der Waals surface area (Å²) in [4.78, 5) is 18.4. The number of hydrogen-bond donors (Lipinski definition) is 0. The van der Waals surface area contributed by atoms with Crippen LogP contribution in [0.5, 0.6) is 0 Å². The molecule has 3 nitrogen and oxygen atoms in total. The first-order valence-corrected chi connectivity index (χ1v) is 10.5. The number of hydrogen-bond acceptors (Lipinski definition) is 3. The van der Waals surface area contributed by atoms with E-state index in [0.29, 0.717) is 11.6 Å². The van der Waals surface area contributed by atoms with Crippen molar-refractivity contribution >= 4 is 17.2 Å². The van der Waals surface area contributed by atoms with Crippen molar-refractivity contribution in [2.75, 3.05) is 19.6 Å². The van der Waals surface area contributed by atoms with Crippen molar-refractivity contribution in [3.8, 4) is 0 Å². The largest absolute Gasteiger partial charge is 0.416 e.